The summed E-state index contributed by atoms with van der Waals surface area (Å²) >= 11 is 0. The van der Waals surface area contributed by atoms with Crippen LogP contribution < -0.4 is 5.32 Å². The van der Waals surface area contributed by atoms with Crippen LogP contribution in [0.4, 0.5) is 0 Å². The number of carbonyl (C=O) groups is 1. The van der Waals surface area contributed by atoms with E-state index in [1.807, 2.05) is 43.3 Å². The second kappa shape index (κ2) is 9.45. The molecular formula is C18H26N2O3. The van der Waals surface area contributed by atoms with Gasteiger partial charge < -0.3 is 15.2 Å². The molecule has 126 valence electrons. The number of hydrogen-bond acceptors (Lipinski definition) is 4. The second-order valence-corrected chi connectivity index (χ2v) is 5.89. The minimum atomic E-state index is -0.543. The van der Waals surface area contributed by atoms with Crippen molar-refractivity contribution >= 4 is 12.0 Å². The average molecular weight is 318 g/mol. The first-order chi connectivity index (χ1) is 11.1. The van der Waals surface area contributed by atoms with Crippen LogP contribution in [0.25, 0.3) is 6.08 Å². The van der Waals surface area contributed by atoms with E-state index < -0.39 is 6.10 Å². The number of hydrogen-bond donors (Lipinski definition) is 2. The van der Waals surface area contributed by atoms with Gasteiger partial charge in [-0.1, -0.05) is 42.0 Å². The van der Waals surface area contributed by atoms with Crippen molar-refractivity contribution in [3.63, 3.8) is 0 Å². The summed E-state index contributed by atoms with van der Waals surface area (Å²) in [6.07, 6.45) is 3.55. The fourth-order valence-corrected chi connectivity index (χ4v) is 2.43. The molecule has 0 spiro atoms. The van der Waals surface area contributed by atoms with E-state index in [1.165, 1.54) is 5.56 Å². The lowest BCUT2D eigenvalue weighted by Crippen LogP contribution is -2.44. The molecule has 1 aromatic rings. The molecule has 23 heavy (non-hydrogen) atoms. The molecule has 0 radical (unpaired) electrons. The SMILES string of the molecule is Cc1ccc(/C=C/CC(=O)NCC(O)CN2CCOCC2)cc1. The number of aryl methyl sites for hydroxylation is 1. The fraction of sp³-hybridized carbons (Fsp3) is 0.500. The Balaban J connectivity index is 1.63. The van der Waals surface area contributed by atoms with Crippen LogP contribution in [-0.4, -0.2) is 61.4 Å². The van der Waals surface area contributed by atoms with E-state index in [0.717, 1.165) is 18.7 Å². The van der Waals surface area contributed by atoms with Crippen LogP contribution in [-0.2, 0) is 9.53 Å². The van der Waals surface area contributed by atoms with Gasteiger partial charge in [0, 0.05) is 32.6 Å². The smallest absolute Gasteiger partial charge is 0.223 e. The van der Waals surface area contributed by atoms with Gasteiger partial charge in [0.05, 0.1) is 19.3 Å². The second-order valence-electron chi connectivity index (χ2n) is 5.89. The minimum absolute atomic E-state index is 0.0746. The fourth-order valence-electron chi connectivity index (χ4n) is 2.43. The molecule has 0 aliphatic carbocycles. The molecule has 2 rings (SSSR count). The summed E-state index contributed by atoms with van der Waals surface area (Å²) in [6, 6.07) is 8.13. The summed E-state index contributed by atoms with van der Waals surface area (Å²) in [5.41, 5.74) is 2.30. The van der Waals surface area contributed by atoms with Crippen LogP contribution in [0.2, 0.25) is 0 Å². The molecule has 1 aliphatic heterocycles. The number of amides is 1. The van der Waals surface area contributed by atoms with Crippen LogP contribution in [0.1, 0.15) is 17.5 Å². The van der Waals surface area contributed by atoms with E-state index >= 15 is 0 Å². The van der Waals surface area contributed by atoms with Gasteiger partial charge in [0.1, 0.15) is 0 Å². The maximum atomic E-state index is 11.8. The normalized spacial score (nSPS) is 17.3. The van der Waals surface area contributed by atoms with E-state index in [2.05, 4.69) is 10.2 Å². The first-order valence-corrected chi connectivity index (χ1v) is 8.11. The largest absolute Gasteiger partial charge is 0.390 e. The zero-order chi connectivity index (χ0) is 16.5. The van der Waals surface area contributed by atoms with Crippen LogP contribution >= 0.6 is 0 Å². The molecular weight excluding hydrogens is 292 g/mol. The maximum Gasteiger partial charge on any atom is 0.223 e. The van der Waals surface area contributed by atoms with Gasteiger partial charge in [0.15, 0.2) is 0 Å². The lowest BCUT2D eigenvalue weighted by Gasteiger charge is -2.28. The molecule has 5 nitrogen and oxygen atoms in total. The summed E-state index contributed by atoms with van der Waals surface area (Å²) in [7, 11) is 0. The Morgan fingerprint density at radius 1 is 1.35 bits per heavy atom. The van der Waals surface area contributed by atoms with Crippen LogP contribution in [0.15, 0.2) is 30.3 Å². The van der Waals surface area contributed by atoms with Crippen molar-refractivity contribution in [1.82, 2.24) is 10.2 Å². The third-order valence-electron chi connectivity index (χ3n) is 3.80. The molecule has 1 amide bonds. The third kappa shape index (κ3) is 6.95. The number of nitrogens with one attached hydrogen (secondary N) is 1. The zero-order valence-electron chi connectivity index (χ0n) is 13.7. The number of carbonyl (C=O) groups excluding carboxylic acids is 1. The highest BCUT2D eigenvalue weighted by molar-refractivity contribution is 5.78. The third-order valence-corrected chi connectivity index (χ3v) is 3.80. The first kappa shape index (κ1) is 17.7. The Morgan fingerprint density at radius 2 is 2.04 bits per heavy atom. The van der Waals surface area contributed by atoms with Crippen molar-refractivity contribution in [2.24, 2.45) is 0 Å². The summed E-state index contributed by atoms with van der Waals surface area (Å²) in [4.78, 5) is 13.9. The average Bonchev–Trinajstić information content (AvgIpc) is 2.56. The molecule has 1 aromatic carbocycles. The predicted molar refractivity (Wildman–Crippen MR) is 91.1 cm³/mol. The Hall–Kier alpha value is -1.69. The van der Waals surface area contributed by atoms with Crippen LogP contribution in [0, 0.1) is 6.92 Å². The van der Waals surface area contributed by atoms with Gasteiger partial charge in [-0.05, 0) is 12.5 Å². The molecule has 0 aromatic heterocycles. The van der Waals surface area contributed by atoms with Crippen molar-refractivity contribution in [2.45, 2.75) is 19.4 Å². The quantitative estimate of drug-likeness (QED) is 0.793. The molecule has 1 atom stereocenters. The van der Waals surface area contributed by atoms with Crippen LogP contribution in [0.3, 0.4) is 0 Å². The molecule has 5 heteroatoms. The van der Waals surface area contributed by atoms with E-state index in [9.17, 15) is 9.90 Å². The van der Waals surface area contributed by atoms with Gasteiger partial charge in [-0.15, -0.1) is 0 Å². The summed E-state index contributed by atoms with van der Waals surface area (Å²) < 4.78 is 5.27. The van der Waals surface area contributed by atoms with Gasteiger partial charge in [0.2, 0.25) is 5.91 Å². The van der Waals surface area contributed by atoms with Crippen molar-refractivity contribution in [1.29, 1.82) is 0 Å². The number of ether oxygens (including phenoxy) is 1. The maximum absolute atomic E-state index is 11.8. The van der Waals surface area contributed by atoms with Gasteiger partial charge in [-0.3, -0.25) is 9.69 Å². The predicted octanol–water partition coefficient (Wildman–Crippen LogP) is 1.21. The van der Waals surface area contributed by atoms with Crippen molar-refractivity contribution in [3.8, 4) is 0 Å². The molecule has 1 fully saturated rings. The number of nitrogens with zero attached hydrogens (tertiary/aromatic N) is 1. The van der Waals surface area contributed by atoms with Gasteiger partial charge in [-0.2, -0.15) is 0 Å². The monoisotopic (exact) mass is 318 g/mol. The molecule has 0 bridgehead atoms. The topological polar surface area (TPSA) is 61.8 Å². The van der Waals surface area contributed by atoms with Gasteiger partial charge in [0.25, 0.3) is 0 Å². The van der Waals surface area contributed by atoms with E-state index in [1.54, 1.807) is 0 Å². The Bertz CT molecular complexity index is 508. The Morgan fingerprint density at radius 3 is 2.74 bits per heavy atom. The van der Waals surface area contributed by atoms with E-state index in [4.69, 9.17) is 4.74 Å². The molecule has 2 N–H and O–H groups in total. The molecule has 1 unspecified atom stereocenters. The van der Waals surface area contributed by atoms with Gasteiger partial charge >= 0.3 is 0 Å². The van der Waals surface area contributed by atoms with E-state index in [-0.39, 0.29) is 12.5 Å². The van der Waals surface area contributed by atoms with Crippen LogP contribution in [0.5, 0.6) is 0 Å². The molecule has 1 saturated heterocycles. The number of aliphatic hydroxyl groups is 1. The summed E-state index contributed by atoms with van der Waals surface area (Å²) in [5, 5.41) is 12.7. The molecule has 1 heterocycles. The number of aliphatic hydroxyl groups excluding tert-OH is 1. The summed E-state index contributed by atoms with van der Waals surface area (Å²) in [5.74, 6) is -0.0746. The summed E-state index contributed by atoms with van der Waals surface area (Å²) in [6.45, 7) is 6.00. The number of β-amino-alcohol motifs (C(OH)–C–C–N with tert-alkyl or cyclic N) is 1. The highest BCUT2D eigenvalue weighted by Gasteiger charge is 2.15. The zero-order valence-corrected chi connectivity index (χ0v) is 13.7. The number of benzene rings is 1. The highest BCUT2D eigenvalue weighted by Crippen LogP contribution is 2.05. The number of morpholine rings is 1. The Labute approximate surface area is 137 Å². The van der Waals surface area contributed by atoms with Crippen molar-refractivity contribution in [3.05, 3.63) is 41.5 Å². The van der Waals surface area contributed by atoms with Crippen molar-refractivity contribution < 1.29 is 14.6 Å². The number of rotatable bonds is 7. The van der Waals surface area contributed by atoms with Crippen molar-refractivity contribution in [2.75, 3.05) is 39.4 Å². The minimum Gasteiger partial charge on any atom is -0.390 e. The standard InChI is InChI=1S/C18H26N2O3/c1-15-5-7-16(8-6-15)3-2-4-18(22)19-13-17(21)14-20-9-11-23-12-10-20/h2-3,5-8,17,21H,4,9-14H2,1H3,(H,19,22)/b3-2+. The molecule has 1 aliphatic rings. The lowest BCUT2D eigenvalue weighted by atomic mass is 10.1. The van der Waals surface area contributed by atoms with Gasteiger partial charge in [-0.25, -0.2) is 0 Å². The Kier molecular flexibility index (Phi) is 7.26. The molecule has 0 saturated carbocycles. The highest BCUT2D eigenvalue weighted by atomic mass is 16.5. The van der Waals surface area contributed by atoms with E-state index in [0.29, 0.717) is 26.2 Å². The first-order valence-electron chi connectivity index (χ1n) is 8.11. The lowest BCUT2D eigenvalue weighted by molar-refractivity contribution is -0.120.